The van der Waals surface area contributed by atoms with Crippen molar-refractivity contribution in [1.29, 1.82) is 0 Å². The number of benzene rings is 2. The van der Waals surface area contributed by atoms with Crippen LogP contribution in [0.25, 0.3) is 10.2 Å². The molecule has 1 aliphatic heterocycles. The molecule has 2 aromatic carbocycles. The normalized spacial score (nSPS) is 19.0. The van der Waals surface area contributed by atoms with E-state index in [2.05, 4.69) is 45.4 Å². The molecule has 3 aromatic rings. The third-order valence-electron chi connectivity index (χ3n) is 6.81. The highest BCUT2D eigenvalue weighted by Gasteiger charge is 2.43. The summed E-state index contributed by atoms with van der Waals surface area (Å²) in [5.74, 6) is 0.314. The quantitative estimate of drug-likeness (QED) is 0.366. The van der Waals surface area contributed by atoms with Crippen LogP contribution in [0.15, 0.2) is 63.4 Å². The summed E-state index contributed by atoms with van der Waals surface area (Å²) in [5.41, 5.74) is 4.01. The van der Waals surface area contributed by atoms with Crippen molar-refractivity contribution < 1.29 is 19.1 Å². The Labute approximate surface area is 228 Å². The molecule has 1 unspecified atom stereocenters. The van der Waals surface area contributed by atoms with Gasteiger partial charge < -0.3 is 14.8 Å². The fraction of sp³-hybridized carbons (Fsp3) is 0.321. The Morgan fingerprint density at radius 3 is 2.68 bits per heavy atom. The monoisotopic (exact) mass is 581 g/mol. The lowest BCUT2D eigenvalue weighted by molar-refractivity contribution is -0.118. The van der Waals surface area contributed by atoms with E-state index in [1.165, 1.54) is 11.3 Å². The second-order valence-corrected chi connectivity index (χ2v) is 12.1. The van der Waals surface area contributed by atoms with Crippen molar-refractivity contribution in [3.63, 3.8) is 0 Å². The van der Waals surface area contributed by atoms with Crippen molar-refractivity contribution in [2.45, 2.75) is 39.5 Å². The number of halogens is 1. The summed E-state index contributed by atoms with van der Waals surface area (Å²) in [5, 5.41) is 6.89. The largest absolute Gasteiger partial charge is 0.497 e. The van der Waals surface area contributed by atoms with Crippen molar-refractivity contribution in [3.05, 3.63) is 69.0 Å². The lowest BCUT2D eigenvalue weighted by Crippen LogP contribution is -2.39. The number of nitrogens with zero attached hydrogens (tertiary/aromatic N) is 1. The Morgan fingerprint density at radius 1 is 1.16 bits per heavy atom. The van der Waals surface area contributed by atoms with Gasteiger partial charge in [0.15, 0.2) is 10.9 Å². The van der Waals surface area contributed by atoms with Crippen LogP contribution < -0.4 is 20.1 Å². The molecule has 2 aliphatic rings. The second kappa shape index (κ2) is 9.61. The van der Waals surface area contributed by atoms with Gasteiger partial charge in [-0.25, -0.2) is 4.98 Å². The van der Waals surface area contributed by atoms with E-state index in [4.69, 9.17) is 9.47 Å². The van der Waals surface area contributed by atoms with E-state index in [1.54, 1.807) is 20.3 Å². The van der Waals surface area contributed by atoms with Crippen LogP contribution >= 0.6 is 27.3 Å². The second-order valence-electron chi connectivity index (χ2n) is 10.1. The number of fused-ring (bicyclic) bond motifs is 1. The average Bonchev–Trinajstić information content (AvgIpc) is 3.22. The molecule has 7 nitrogen and oxygen atoms in total. The summed E-state index contributed by atoms with van der Waals surface area (Å²) >= 11 is 4.88. The predicted molar refractivity (Wildman–Crippen MR) is 149 cm³/mol. The minimum atomic E-state index is -0.593. The van der Waals surface area contributed by atoms with E-state index >= 15 is 0 Å². The van der Waals surface area contributed by atoms with Crippen molar-refractivity contribution in [3.8, 4) is 11.5 Å². The van der Waals surface area contributed by atoms with Crippen LogP contribution in [-0.2, 0) is 9.59 Å². The Morgan fingerprint density at radius 2 is 1.95 bits per heavy atom. The molecule has 5 rings (SSSR count). The Balaban J connectivity index is 1.61. The number of hydrogen-bond donors (Lipinski definition) is 2. The number of ether oxygens (including phenoxy) is 2. The molecule has 2 N–H and O–H groups in total. The van der Waals surface area contributed by atoms with Crippen LogP contribution in [0.1, 0.15) is 45.1 Å². The molecule has 0 saturated heterocycles. The van der Waals surface area contributed by atoms with Gasteiger partial charge >= 0.3 is 0 Å². The van der Waals surface area contributed by atoms with Crippen molar-refractivity contribution in [2.75, 3.05) is 19.5 Å². The maximum absolute atomic E-state index is 13.9. The smallest absolute Gasteiger partial charge is 0.256 e. The number of Topliss-reactive ketones (excluding diaryl/α,β-unsaturated/α-hetero) is 1. The van der Waals surface area contributed by atoms with E-state index < -0.39 is 5.92 Å². The number of rotatable bonds is 5. The Kier molecular flexibility index (Phi) is 6.62. The van der Waals surface area contributed by atoms with Gasteiger partial charge in [0.2, 0.25) is 0 Å². The summed E-state index contributed by atoms with van der Waals surface area (Å²) < 4.78 is 13.0. The highest BCUT2D eigenvalue weighted by Crippen LogP contribution is 2.49. The van der Waals surface area contributed by atoms with Gasteiger partial charge in [-0.1, -0.05) is 47.2 Å². The minimum Gasteiger partial charge on any atom is -0.497 e. The highest BCUT2D eigenvalue weighted by molar-refractivity contribution is 9.10. The lowest BCUT2D eigenvalue weighted by atomic mass is 9.68. The molecule has 1 aliphatic carbocycles. The van der Waals surface area contributed by atoms with Gasteiger partial charge in [0.1, 0.15) is 11.5 Å². The molecule has 192 valence electrons. The maximum Gasteiger partial charge on any atom is 0.256 e. The van der Waals surface area contributed by atoms with Crippen LogP contribution in [0.4, 0.5) is 5.13 Å². The molecule has 0 saturated carbocycles. The van der Waals surface area contributed by atoms with Gasteiger partial charge in [0, 0.05) is 45.1 Å². The molecule has 1 amide bonds. The standard InChI is InChI=1S/C28H28BrN3O4S/c1-14-23(26(34)32-27-31-18-10-15(29)6-9-22(18)37-27)24(17-8-7-16(35-4)11-21(17)36-5)25-19(30-14)12-28(2,3)13-20(25)33/h6-11,24,30H,12-13H2,1-5H3,(H,31,32,34). The third-order valence-corrected chi connectivity index (χ3v) is 8.25. The fourth-order valence-electron chi connectivity index (χ4n) is 5.22. The van der Waals surface area contributed by atoms with Gasteiger partial charge in [-0.3, -0.25) is 14.9 Å². The Hall–Kier alpha value is -3.17. The zero-order chi connectivity index (χ0) is 26.5. The van der Waals surface area contributed by atoms with E-state index in [0.29, 0.717) is 46.3 Å². The van der Waals surface area contributed by atoms with Crippen LogP contribution in [0.2, 0.25) is 0 Å². The molecular weight excluding hydrogens is 554 g/mol. The third kappa shape index (κ3) is 4.78. The number of ketones is 1. The number of hydrogen-bond acceptors (Lipinski definition) is 7. The molecule has 0 radical (unpaired) electrons. The number of thiazole rings is 1. The first kappa shape index (κ1) is 25.5. The SMILES string of the molecule is COc1ccc(C2C(C(=O)Nc3nc4cc(Br)ccc4s3)=C(C)NC3=C2C(=O)CC(C)(C)C3)c(OC)c1. The van der Waals surface area contributed by atoms with Crippen LogP contribution in [0.3, 0.4) is 0 Å². The summed E-state index contributed by atoms with van der Waals surface area (Å²) in [6, 6.07) is 11.3. The number of aromatic nitrogens is 1. The summed E-state index contributed by atoms with van der Waals surface area (Å²) in [6.07, 6.45) is 1.12. The lowest BCUT2D eigenvalue weighted by Gasteiger charge is -2.39. The molecule has 1 atom stereocenters. The van der Waals surface area contributed by atoms with E-state index in [1.807, 2.05) is 37.3 Å². The summed E-state index contributed by atoms with van der Waals surface area (Å²) in [6.45, 7) is 6.06. The maximum atomic E-state index is 13.9. The minimum absolute atomic E-state index is 0.0317. The summed E-state index contributed by atoms with van der Waals surface area (Å²) in [7, 11) is 3.17. The first-order valence-corrected chi connectivity index (χ1v) is 13.5. The van der Waals surface area contributed by atoms with Gasteiger partial charge in [-0.05, 0) is 43.0 Å². The fourth-order valence-corrected chi connectivity index (χ4v) is 6.41. The zero-order valence-corrected chi connectivity index (χ0v) is 23.7. The number of anilines is 1. The van der Waals surface area contributed by atoms with E-state index in [9.17, 15) is 9.59 Å². The van der Waals surface area contributed by atoms with Crippen LogP contribution in [0.5, 0.6) is 11.5 Å². The number of dihydropyridines is 1. The number of methoxy groups -OCH3 is 2. The molecule has 0 spiro atoms. The van der Waals surface area contributed by atoms with Crippen molar-refractivity contribution in [1.82, 2.24) is 10.3 Å². The number of carbonyl (C=O) groups excluding carboxylic acids is 2. The number of nitrogens with one attached hydrogen (secondary N) is 2. The Bertz CT molecular complexity index is 1500. The highest BCUT2D eigenvalue weighted by atomic mass is 79.9. The summed E-state index contributed by atoms with van der Waals surface area (Å²) in [4.78, 5) is 32.1. The predicted octanol–water partition coefficient (Wildman–Crippen LogP) is 6.32. The van der Waals surface area contributed by atoms with Crippen LogP contribution in [-0.4, -0.2) is 30.9 Å². The molecular formula is C28H28BrN3O4S. The molecule has 0 fully saturated rings. The van der Waals surface area contributed by atoms with E-state index in [0.717, 1.165) is 25.9 Å². The molecule has 2 heterocycles. The van der Waals surface area contributed by atoms with Gasteiger partial charge in [0.25, 0.3) is 5.91 Å². The first-order chi connectivity index (χ1) is 17.6. The van der Waals surface area contributed by atoms with Gasteiger partial charge in [-0.2, -0.15) is 0 Å². The first-order valence-electron chi connectivity index (χ1n) is 11.9. The molecule has 1 aromatic heterocycles. The molecule has 0 bridgehead atoms. The van der Waals surface area contributed by atoms with Gasteiger partial charge in [0.05, 0.1) is 30.4 Å². The van der Waals surface area contributed by atoms with Gasteiger partial charge in [-0.15, -0.1) is 0 Å². The molecule has 9 heteroatoms. The number of allylic oxidation sites excluding steroid dienone is 3. The molecule has 37 heavy (non-hydrogen) atoms. The van der Waals surface area contributed by atoms with Crippen molar-refractivity contribution in [2.24, 2.45) is 5.41 Å². The van der Waals surface area contributed by atoms with Crippen molar-refractivity contribution >= 4 is 54.3 Å². The number of amides is 1. The van der Waals surface area contributed by atoms with E-state index in [-0.39, 0.29) is 17.1 Å². The number of carbonyl (C=O) groups is 2. The topological polar surface area (TPSA) is 89.5 Å². The zero-order valence-electron chi connectivity index (χ0n) is 21.3. The average molecular weight is 583 g/mol. The van der Waals surface area contributed by atoms with Crippen LogP contribution in [0, 0.1) is 5.41 Å².